The van der Waals surface area contributed by atoms with Crippen molar-refractivity contribution in [1.29, 1.82) is 0 Å². The van der Waals surface area contributed by atoms with Gasteiger partial charge >= 0.3 is 0 Å². The van der Waals surface area contributed by atoms with Crippen molar-refractivity contribution in [2.24, 2.45) is 0 Å². The van der Waals surface area contributed by atoms with Gasteiger partial charge in [-0.15, -0.1) is 11.3 Å². The Morgan fingerprint density at radius 1 is 1.30 bits per heavy atom. The molecule has 0 unspecified atom stereocenters. The third-order valence-corrected chi connectivity index (χ3v) is 5.34. The van der Waals surface area contributed by atoms with Crippen molar-refractivity contribution >= 4 is 17.2 Å². The monoisotopic (exact) mass is 430 g/mol. The van der Waals surface area contributed by atoms with Crippen LogP contribution in [0.5, 0.6) is 17.2 Å². The summed E-state index contributed by atoms with van der Waals surface area (Å²) in [6.45, 7) is 3.73. The number of thiazole rings is 1. The number of hydrogen-bond acceptors (Lipinski definition) is 8. The summed E-state index contributed by atoms with van der Waals surface area (Å²) in [6, 6.07) is 5.72. The van der Waals surface area contributed by atoms with Gasteiger partial charge in [0.15, 0.2) is 17.3 Å². The van der Waals surface area contributed by atoms with E-state index in [1.54, 1.807) is 19.1 Å². The zero-order valence-corrected chi connectivity index (χ0v) is 17.6. The van der Waals surface area contributed by atoms with E-state index in [1.165, 1.54) is 30.6 Å². The van der Waals surface area contributed by atoms with Crippen LogP contribution in [0, 0.1) is 13.8 Å². The largest absolute Gasteiger partial charge is 0.504 e. The Balaban J connectivity index is 1.93. The van der Waals surface area contributed by atoms with Crippen LogP contribution in [0.15, 0.2) is 38.9 Å². The van der Waals surface area contributed by atoms with E-state index in [0.717, 1.165) is 10.7 Å². The number of hydrogen-bond donors (Lipinski definition) is 3. The van der Waals surface area contributed by atoms with Gasteiger partial charge in [0.1, 0.15) is 5.76 Å². The van der Waals surface area contributed by atoms with E-state index in [2.05, 4.69) is 10.3 Å². The number of phenols is 1. The van der Waals surface area contributed by atoms with Crippen LogP contribution in [-0.2, 0) is 11.3 Å². The molecular weight excluding hydrogens is 408 g/mol. The van der Waals surface area contributed by atoms with Crippen molar-refractivity contribution in [3.8, 4) is 17.2 Å². The molecule has 3 N–H and O–H groups in total. The lowest BCUT2D eigenvalue weighted by atomic mass is 9.91. The lowest BCUT2D eigenvalue weighted by molar-refractivity contribution is -0.121. The number of carbonyl (C=O) groups excluding carboxylic acids is 1. The molecule has 158 valence electrons. The molecule has 30 heavy (non-hydrogen) atoms. The molecule has 2 heterocycles. The lowest BCUT2D eigenvalue weighted by Crippen LogP contribution is -2.25. The Hall–Kier alpha value is -3.33. The molecule has 8 nitrogen and oxygen atoms in total. The Morgan fingerprint density at radius 2 is 2.07 bits per heavy atom. The Morgan fingerprint density at radius 3 is 2.73 bits per heavy atom. The van der Waals surface area contributed by atoms with Crippen LogP contribution in [-0.4, -0.2) is 28.2 Å². The molecule has 3 aromatic rings. The third-order valence-electron chi connectivity index (χ3n) is 4.52. The van der Waals surface area contributed by atoms with Gasteiger partial charge in [-0.3, -0.25) is 9.59 Å². The molecule has 0 aliphatic carbocycles. The fourth-order valence-corrected chi connectivity index (χ4v) is 3.68. The summed E-state index contributed by atoms with van der Waals surface area (Å²) < 4.78 is 10.8. The highest BCUT2D eigenvalue weighted by Crippen LogP contribution is 2.37. The molecule has 0 aliphatic heterocycles. The van der Waals surface area contributed by atoms with Gasteiger partial charge in [0.25, 0.3) is 0 Å². The number of ether oxygens (including phenoxy) is 1. The summed E-state index contributed by atoms with van der Waals surface area (Å²) in [6.07, 6.45) is -0.100. The predicted octanol–water partition coefficient (Wildman–Crippen LogP) is 2.97. The van der Waals surface area contributed by atoms with Gasteiger partial charge in [-0.25, -0.2) is 4.98 Å². The van der Waals surface area contributed by atoms with Gasteiger partial charge in [0.2, 0.25) is 17.1 Å². The van der Waals surface area contributed by atoms with E-state index >= 15 is 0 Å². The zero-order chi connectivity index (χ0) is 21.8. The van der Waals surface area contributed by atoms with Crippen LogP contribution in [0.2, 0.25) is 0 Å². The molecule has 0 fully saturated rings. The van der Waals surface area contributed by atoms with Crippen LogP contribution >= 0.6 is 11.3 Å². The summed E-state index contributed by atoms with van der Waals surface area (Å²) in [5.41, 5.74) is 0.690. The first kappa shape index (κ1) is 21.4. The average Bonchev–Trinajstić information content (AvgIpc) is 3.13. The number of carbonyl (C=O) groups is 1. The van der Waals surface area contributed by atoms with Crippen molar-refractivity contribution < 1.29 is 24.2 Å². The van der Waals surface area contributed by atoms with Crippen LogP contribution < -0.4 is 15.5 Å². The topological polar surface area (TPSA) is 122 Å². The summed E-state index contributed by atoms with van der Waals surface area (Å²) in [5.74, 6) is -1.23. The summed E-state index contributed by atoms with van der Waals surface area (Å²) >= 11 is 1.49. The van der Waals surface area contributed by atoms with Gasteiger partial charge in [0.05, 0.1) is 30.3 Å². The number of aromatic nitrogens is 1. The number of benzene rings is 1. The van der Waals surface area contributed by atoms with Crippen molar-refractivity contribution in [3.05, 3.63) is 67.7 Å². The molecule has 1 amide bonds. The van der Waals surface area contributed by atoms with Crippen LogP contribution in [0.3, 0.4) is 0 Å². The molecular formula is C21H22N2O6S. The Kier molecular flexibility index (Phi) is 6.41. The van der Waals surface area contributed by atoms with Crippen LogP contribution in [0.25, 0.3) is 0 Å². The summed E-state index contributed by atoms with van der Waals surface area (Å²) in [4.78, 5) is 29.1. The zero-order valence-electron chi connectivity index (χ0n) is 16.8. The molecule has 0 radical (unpaired) electrons. The second kappa shape index (κ2) is 9.00. The molecule has 0 saturated heterocycles. The summed E-state index contributed by atoms with van der Waals surface area (Å²) in [5, 5.41) is 25.8. The second-order valence-electron chi connectivity index (χ2n) is 6.76. The number of phenolic OH excluding ortho intramolecular Hbond substituents is 1. The SMILES string of the molecule is COc1cc([C@H](CC(=O)NCc2csc(C)n2)c2oc(C)cc(=O)c2O)ccc1O. The number of aromatic hydroxyl groups is 2. The fraction of sp³-hybridized carbons (Fsp3) is 0.286. The smallest absolute Gasteiger partial charge is 0.227 e. The van der Waals surface area contributed by atoms with E-state index in [9.17, 15) is 19.8 Å². The van der Waals surface area contributed by atoms with E-state index in [0.29, 0.717) is 11.3 Å². The van der Waals surface area contributed by atoms with Gasteiger partial charge in [-0.1, -0.05) is 6.07 Å². The average molecular weight is 430 g/mol. The van der Waals surface area contributed by atoms with E-state index < -0.39 is 17.1 Å². The highest BCUT2D eigenvalue weighted by molar-refractivity contribution is 7.09. The number of nitrogens with one attached hydrogen (secondary N) is 1. The van der Waals surface area contributed by atoms with E-state index in [-0.39, 0.29) is 36.1 Å². The Bertz CT molecular complexity index is 1120. The third kappa shape index (κ3) is 4.80. The predicted molar refractivity (Wildman–Crippen MR) is 111 cm³/mol. The minimum Gasteiger partial charge on any atom is -0.504 e. The maximum atomic E-state index is 12.7. The van der Waals surface area contributed by atoms with Gasteiger partial charge in [-0.2, -0.15) is 0 Å². The van der Waals surface area contributed by atoms with Gasteiger partial charge in [-0.05, 0) is 31.5 Å². The van der Waals surface area contributed by atoms with Gasteiger partial charge < -0.3 is 24.7 Å². The van der Waals surface area contributed by atoms with E-state index in [1.807, 2.05) is 12.3 Å². The maximum Gasteiger partial charge on any atom is 0.227 e. The van der Waals surface area contributed by atoms with Crippen molar-refractivity contribution in [2.75, 3.05) is 7.11 Å². The van der Waals surface area contributed by atoms with Crippen molar-refractivity contribution in [3.63, 3.8) is 0 Å². The maximum absolute atomic E-state index is 12.7. The van der Waals surface area contributed by atoms with Crippen LogP contribution in [0.4, 0.5) is 0 Å². The van der Waals surface area contributed by atoms with E-state index in [4.69, 9.17) is 9.15 Å². The number of nitrogens with zero attached hydrogens (tertiary/aromatic N) is 1. The standard InChI is InChI=1S/C21H22N2O6S/c1-11-6-17(25)20(27)21(29-11)15(13-4-5-16(24)18(7-13)28-3)8-19(26)22-9-14-10-30-12(2)23-14/h4-7,10,15,24,27H,8-9H2,1-3H3,(H,22,26)/t15-/m0/s1. The first-order valence-electron chi connectivity index (χ1n) is 9.16. The highest BCUT2D eigenvalue weighted by Gasteiger charge is 2.26. The first-order chi connectivity index (χ1) is 14.3. The molecule has 0 bridgehead atoms. The highest BCUT2D eigenvalue weighted by atomic mass is 32.1. The molecule has 0 aliphatic rings. The second-order valence-corrected chi connectivity index (χ2v) is 7.82. The molecule has 0 spiro atoms. The minimum atomic E-state index is -0.774. The number of aryl methyl sites for hydroxylation is 2. The fourth-order valence-electron chi connectivity index (χ4n) is 3.07. The Labute approximate surface area is 176 Å². The number of methoxy groups -OCH3 is 1. The molecule has 0 saturated carbocycles. The molecule has 3 rings (SSSR count). The minimum absolute atomic E-state index is 0.0209. The molecule has 1 aromatic carbocycles. The lowest BCUT2D eigenvalue weighted by Gasteiger charge is -2.18. The molecule has 2 aromatic heterocycles. The normalized spacial score (nSPS) is 11.8. The summed E-state index contributed by atoms with van der Waals surface area (Å²) in [7, 11) is 1.40. The van der Waals surface area contributed by atoms with Crippen molar-refractivity contribution in [2.45, 2.75) is 32.7 Å². The number of rotatable bonds is 7. The molecule has 1 atom stereocenters. The first-order valence-corrected chi connectivity index (χ1v) is 10.0. The number of amides is 1. The van der Waals surface area contributed by atoms with Crippen molar-refractivity contribution in [1.82, 2.24) is 10.3 Å². The van der Waals surface area contributed by atoms with Gasteiger partial charge in [0, 0.05) is 17.9 Å². The van der Waals surface area contributed by atoms with Crippen LogP contribution in [0.1, 0.15) is 40.1 Å². The molecule has 9 heteroatoms. The quantitative estimate of drug-likeness (QED) is 0.527.